The first-order valence-corrected chi connectivity index (χ1v) is 12.0. The van der Waals surface area contributed by atoms with Crippen LogP contribution >= 0.6 is 0 Å². The smallest absolute Gasteiger partial charge is 0.260 e. The maximum absolute atomic E-state index is 13.3. The zero-order valence-corrected chi connectivity index (χ0v) is 20.0. The molecule has 0 radical (unpaired) electrons. The van der Waals surface area contributed by atoms with Gasteiger partial charge in [0.1, 0.15) is 23.2 Å². The van der Waals surface area contributed by atoms with Crippen molar-refractivity contribution in [2.45, 2.75) is 26.7 Å². The van der Waals surface area contributed by atoms with E-state index in [4.69, 9.17) is 4.74 Å². The van der Waals surface area contributed by atoms with E-state index in [-0.39, 0.29) is 5.91 Å². The van der Waals surface area contributed by atoms with Crippen LogP contribution in [0.4, 0.5) is 23.0 Å². The number of carbonyl (C=O) groups excluding carboxylic acids is 1. The molecule has 35 heavy (non-hydrogen) atoms. The Hall–Kier alpha value is -4.13. The van der Waals surface area contributed by atoms with Crippen molar-refractivity contribution in [2.24, 2.45) is 0 Å². The molecular formula is C28H29N5O2. The fraction of sp³-hybridized carbons (Fsp3) is 0.250. The minimum Gasteiger partial charge on any atom is -0.493 e. The average Bonchev–Trinajstić information content (AvgIpc) is 3.40. The molecular weight excluding hydrogens is 438 g/mol. The van der Waals surface area contributed by atoms with Gasteiger partial charge in [-0.2, -0.15) is 0 Å². The van der Waals surface area contributed by atoms with Crippen molar-refractivity contribution in [2.75, 3.05) is 35.2 Å². The lowest BCUT2D eigenvalue weighted by Gasteiger charge is -2.18. The molecule has 1 aliphatic heterocycles. The van der Waals surface area contributed by atoms with E-state index in [1.54, 1.807) is 0 Å². The number of hydrogen-bond donors (Lipinski definition) is 2. The van der Waals surface area contributed by atoms with Gasteiger partial charge in [-0.05, 0) is 67.8 Å². The van der Waals surface area contributed by atoms with E-state index in [0.717, 1.165) is 47.0 Å². The normalized spacial score (nSPS) is 13.1. The van der Waals surface area contributed by atoms with Crippen molar-refractivity contribution in [1.82, 2.24) is 9.97 Å². The maximum Gasteiger partial charge on any atom is 0.260 e. The molecule has 1 aliphatic rings. The van der Waals surface area contributed by atoms with Crippen LogP contribution in [0.5, 0.6) is 5.75 Å². The molecule has 0 spiro atoms. The minimum atomic E-state index is -0.201. The second kappa shape index (κ2) is 10.0. The van der Waals surface area contributed by atoms with Gasteiger partial charge < -0.3 is 20.3 Å². The van der Waals surface area contributed by atoms with Gasteiger partial charge in [0.15, 0.2) is 0 Å². The van der Waals surface area contributed by atoms with Crippen LogP contribution in [0.3, 0.4) is 0 Å². The number of aryl methyl sites for hydroxylation is 1. The average molecular weight is 468 g/mol. The molecule has 1 fully saturated rings. The Labute approximate surface area is 205 Å². The Bertz CT molecular complexity index is 1350. The van der Waals surface area contributed by atoms with Crippen molar-refractivity contribution < 1.29 is 9.53 Å². The van der Waals surface area contributed by atoms with Gasteiger partial charge in [-0.1, -0.05) is 30.3 Å². The SMILES string of the molecule is CCOc1ccc2ccccc2c1C(=O)Nc1ccc(Nc2cc(N3CCCC3)nc(C)n2)cc1. The Morgan fingerprint density at radius 3 is 2.49 bits per heavy atom. The van der Waals surface area contributed by atoms with Gasteiger partial charge in [-0.25, -0.2) is 9.97 Å². The molecule has 0 bridgehead atoms. The highest BCUT2D eigenvalue weighted by molar-refractivity contribution is 6.15. The molecule has 1 saturated heterocycles. The number of anilines is 4. The van der Waals surface area contributed by atoms with Crippen molar-refractivity contribution in [1.29, 1.82) is 0 Å². The summed E-state index contributed by atoms with van der Waals surface area (Å²) in [7, 11) is 0. The lowest BCUT2D eigenvalue weighted by atomic mass is 10.0. The number of fused-ring (bicyclic) bond motifs is 1. The van der Waals surface area contributed by atoms with Gasteiger partial charge in [-0.15, -0.1) is 0 Å². The molecule has 1 aromatic heterocycles. The van der Waals surface area contributed by atoms with E-state index in [1.807, 2.05) is 80.6 Å². The van der Waals surface area contributed by atoms with Gasteiger partial charge in [0, 0.05) is 30.5 Å². The monoisotopic (exact) mass is 467 g/mol. The zero-order valence-electron chi connectivity index (χ0n) is 20.0. The fourth-order valence-electron chi connectivity index (χ4n) is 4.46. The third-order valence-corrected chi connectivity index (χ3v) is 6.09. The summed E-state index contributed by atoms with van der Waals surface area (Å²) < 4.78 is 5.76. The zero-order chi connectivity index (χ0) is 24.2. The highest BCUT2D eigenvalue weighted by atomic mass is 16.5. The Morgan fingerprint density at radius 1 is 0.971 bits per heavy atom. The lowest BCUT2D eigenvalue weighted by Crippen LogP contribution is -2.19. The Balaban J connectivity index is 1.33. The van der Waals surface area contributed by atoms with E-state index in [9.17, 15) is 4.79 Å². The number of rotatable bonds is 7. The third-order valence-electron chi connectivity index (χ3n) is 6.09. The number of amides is 1. The van der Waals surface area contributed by atoms with Crippen molar-refractivity contribution in [3.05, 3.63) is 78.1 Å². The molecule has 178 valence electrons. The van der Waals surface area contributed by atoms with Crippen LogP contribution in [0.1, 0.15) is 35.9 Å². The topological polar surface area (TPSA) is 79.4 Å². The number of carbonyl (C=O) groups is 1. The summed E-state index contributed by atoms with van der Waals surface area (Å²) in [6.45, 7) is 6.38. The summed E-state index contributed by atoms with van der Waals surface area (Å²) in [6.07, 6.45) is 2.40. The largest absolute Gasteiger partial charge is 0.493 e. The molecule has 7 nitrogen and oxygen atoms in total. The summed E-state index contributed by atoms with van der Waals surface area (Å²) in [5.74, 6) is 2.83. The van der Waals surface area contributed by atoms with E-state index in [0.29, 0.717) is 23.6 Å². The number of aromatic nitrogens is 2. The lowest BCUT2D eigenvalue weighted by molar-refractivity contribution is 0.102. The first-order valence-electron chi connectivity index (χ1n) is 12.0. The molecule has 1 amide bonds. The van der Waals surface area contributed by atoms with Gasteiger partial charge in [0.2, 0.25) is 0 Å². The van der Waals surface area contributed by atoms with Crippen molar-refractivity contribution in [3.8, 4) is 5.75 Å². The van der Waals surface area contributed by atoms with Crippen LogP contribution in [0, 0.1) is 6.92 Å². The van der Waals surface area contributed by atoms with Crippen LogP contribution in [0.25, 0.3) is 10.8 Å². The van der Waals surface area contributed by atoms with E-state index >= 15 is 0 Å². The summed E-state index contributed by atoms with van der Waals surface area (Å²) in [4.78, 5) is 24.7. The minimum absolute atomic E-state index is 0.201. The molecule has 0 unspecified atom stereocenters. The highest BCUT2D eigenvalue weighted by Gasteiger charge is 2.17. The summed E-state index contributed by atoms with van der Waals surface area (Å²) in [5.41, 5.74) is 2.12. The number of nitrogens with zero attached hydrogens (tertiary/aromatic N) is 3. The summed E-state index contributed by atoms with van der Waals surface area (Å²) in [6, 6.07) is 21.3. The molecule has 4 aromatic rings. The maximum atomic E-state index is 13.3. The van der Waals surface area contributed by atoms with Crippen LogP contribution in [0.2, 0.25) is 0 Å². The molecule has 5 rings (SSSR count). The number of hydrogen-bond acceptors (Lipinski definition) is 6. The van der Waals surface area contributed by atoms with Gasteiger partial charge >= 0.3 is 0 Å². The first kappa shape index (κ1) is 22.7. The van der Waals surface area contributed by atoms with Gasteiger partial charge in [-0.3, -0.25) is 4.79 Å². The number of benzene rings is 3. The summed E-state index contributed by atoms with van der Waals surface area (Å²) >= 11 is 0. The van der Waals surface area contributed by atoms with Crippen LogP contribution < -0.4 is 20.3 Å². The van der Waals surface area contributed by atoms with Gasteiger partial charge in [0.05, 0.1) is 12.2 Å². The number of nitrogens with one attached hydrogen (secondary N) is 2. The molecule has 2 N–H and O–H groups in total. The predicted octanol–water partition coefficient (Wildman–Crippen LogP) is 5.93. The molecule has 7 heteroatoms. The fourth-order valence-corrected chi connectivity index (χ4v) is 4.46. The van der Waals surface area contributed by atoms with Crippen LogP contribution in [0.15, 0.2) is 66.7 Å². The van der Waals surface area contributed by atoms with Crippen LogP contribution in [-0.2, 0) is 0 Å². The highest BCUT2D eigenvalue weighted by Crippen LogP contribution is 2.30. The van der Waals surface area contributed by atoms with E-state index in [2.05, 4.69) is 25.5 Å². The molecule has 0 atom stereocenters. The van der Waals surface area contributed by atoms with Gasteiger partial charge in [0.25, 0.3) is 5.91 Å². The molecule has 3 aromatic carbocycles. The Kier molecular flexibility index (Phi) is 6.48. The third kappa shape index (κ3) is 5.04. The first-order chi connectivity index (χ1) is 17.1. The molecule has 0 saturated carbocycles. The molecule has 2 heterocycles. The van der Waals surface area contributed by atoms with E-state index in [1.165, 1.54) is 12.8 Å². The second-order valence-corrected chi connectivity index (χ2v) is 8.60. The quantitative estimate of drug-likeness (QED) is 0.351. The summed E-state index contributed by atoms with van der Waals surface area (Å²) in [5, 5.41) is 8.23. The van der Waals surface area contributed by atoms with Crippen molar-refractivity contribution >= 4 is 39.7 Å². The Morgan fingerprint density at radius 2 is 1.71 bits per heavy atom. The van der Waals surface area contributed by atoms with E-state index < -0.39 is 0 Å². The molecule has 0 aliphatic carbocycles. The predicted molar refractivity (Wildman–Crippen MR) is 141 cm³/mol. The van der Waals surface area contributed by atoms with Crippen molar-refractivity contribution in [3.63, 3.8) is 0 Å². The number of ether oxygens (including phenoxy) is 1. The second-order valence-electron chi connectivity index (χ2n) is 8.60. The van der Waals surface area contributed by atoms with Crippen LogP contribution in [-0.4, -0.2) is 35.6 Å². The standard InChI is InChI=1S/C28H29N5O2/c1-3-35-24-15-10-20-8-4-5-9-23(20)27(24)28(34)32-22-13-11-21(12-14-22)31-25-18-26(30-19(2)29-25)33-16-6-7-17-33/h4-5,8-15,18H,3,6-7,16-17H2,1-2H3,(H,32,34)(H,29,30,31).